The highest BCUT2D eigenvalue weighted by atomic mass is 35.5. The van der Waals surface area contributed by atoms with Crippen molar-refractivity contribution in [3.63, 3.8) is 0 Å². The number of aliphatic hydroxyl groups excluding tert-OH is 1. The molecule has 1 heterocycles. The molecule has 0 fully saturated rings. The second-order valence-corrected chi connectivity index (χ2v) is 5.58. The zero-order valence-electron chi connectivity index (χ0n) is 11.3. The van der Waals surface area contributed by atoms with E-state index in [9.17, 15) is 9.50 Å². The molecule has 0 amide bonds. The number of ether oxygens (including phenoxy) is 1. The normalized spacial score (nSPS) is 14.6. The molecule has 1 unspecified atom stereocenters. The second kappa shape index (κ2) is 5.54. The number of nitrogens with two attached hydrogens (primary N) is 1. The Morgan fingerprint density at radius 2 is 2.14 bits per heavy atom. The molecule has 0 saturated heterocycles. The average Bonchev–Trinajstić information content (AvgIpc) is 2.89. The Morgan fingerprint density at radius 1 is 1.33 bits per heavy atom. The summed E-state index contributed by atoms with van der Waals surface area (Å²) in [6.07, 6.45) is 0.171. The lowest BCUT2D eigenvalue weighted by molar-refractivity contribution is 0.177. The Bertz CT molecular complexity index is 690. The zero-order valence-corrected chi connectivity index (χ0v) is 12.0. The lowest BCUT2D eigenvalue weighted by Gasteiger charge is -2.16. The van der Waals surface area contributed by atoms with Crippen LogP contribution in [0.3, 0.4) is 0 Å². The maximum Gasteiger partial charge on any atom is 0.126 e. The van der Waals surface area contributed by atoms with Crippen LogP contribution in [-0.4, -0.2) is 11.7 Å². The van der Waals surface area contributed by atoms with E-state index in [1.807, 2.05) is 6.07 Å². The van der Waals surface area contributed by atoms with E-state index in [0.717, 1.165) is 23.3 Å². The van der Waals surface area contributed by atoms with Gasteiger partial charge in [0, 0.05) is 29.1 Å². The first-order valence-electron chi connectivity index (χ1n) is 6.71. The summed E-state index contributed by atoms with van der Waals surface area (Å²) < 4.78 is 18.9. The molecule has 2 aromatic rings. The van der Waals surface area contributed by atoms with Crippen molar-refractivity contribution in [1.29, 1.82) is 0 Å². The minimum atomic E-state index is -0.910. The molecule has 2 aromatic carbocycles. The smallest absolute Gasteiger partial charge is 0.126 e. The summed E-state index contributed by atoms with van der Waals surface area (Å²) >= 11 is 6.09. The Labute approximate surface area is 127 Å². The van der Waals surface area contributed by atoms with Gasteiger partial charge in [-0.1, -0.05) is 11.6 Å². The van der Waals surface area contributed by atoms with Crippen LogP contribution in [0.1, 0.15) is 22.8 Å². The van der Waals surface area contributed by atoms with E-state index >= 15 is 0 Å². The highest BCUT2D eigenvalue weighted by molar-refractivity contribution is 6.30. The molecule has 1 atom stereocenters. The average molecular weight is 308 g/mol. The van der Waals surface area contributed by atoms with Crippen molar-refractivity contribution in [2.45, 2.75) is 18.9 Å². The molecular formula is C16H15ClFNO2. The molecule has 21 heavy (non-hydrogen) atoms. The third kappa shape index (κ3) is 2.82. The zero-order chi connectivity index (χ0) is 15.0. The molecule has 3 N–H and O–H groups in total. The molecule has 0 spiro atoms. The van der Waals surface area contributed by atoms with E-state index < -0.39 is 11.9 Å². The first kappa shape index (κ1) is 14.2. The number of fused-ring (bicyclic) bond motifs is 1. The molecule has 3 nitrogen and oxygen atoms in total. The lowest BCUT2D eigenvalue weighted by Crippen LogP contribution is -2.07. The second-order valence-electron chi connectivity index (χ2n) is 5.14. The fourth-order valence-electron chi connectivity index (χ4n) is 2.65. The summed E-state index contributed by atoms with van der Waals surface area (Å²) in [5, 5.41) is 11.0. The number of anilines is 1. The fraction of sp³-hybridized carbons (Fsp3) is 0.250. The van der Waals surface area contributed by atoms with E-state index in [1.54, 1.807) is 6.07 Å². The van der Waals surface area contributed by atoms with Gasteiger partial charge in [0.1, 0.15) is 11.6 Å². The Morgan fingerprint density at radius 3 is 2.95 bits per heavy atom. The van der Waals surface area contributed by atoms with E-state index in [4.69, 9.17) is 22.1 Å². The lowest BCUT2D eigenvalue weighted by atomic mass is 9.97. The van der Waals surface area contributed by atoms with Crippen LogP contribution < -0.4 is 10.5 Å². The SMILES string of the molecule is Nc1ccc(F)cc1C(O)Cc1cc(Cl)cc2c1OCC2. The van der Waals surface area contributed by atoms with Gasteiger partial charge in [-0.2, -0.15) is 0 Å². The molecular weight excluding hydrogens is 293 g/mol. The minimum Gasteiger partial charge on any atom is -0.493 e. The van der Waals surface area contributed by atoms with Gasteiger partial charge in [-0.15, -0.1) is 0 Å². The van der Waals surface area contributed by atoms with Crippen molar-refractivity contribution >= 4 is 17.3 Å². The Hall–Kier alpha value is -1.78. The predicted molar refractivity (Wildman–Crippen MR) is 80.1 cm³/mol. The van der Waals surface area contributed by atoms with Gasteiger partial charge in [0.15, 0.2) is 0 Å². The van der Waals surface area contributed by atoms with Gasteiger partial charge in [-0.25, -0.2) is 4.39 Å². The topological polar surface area (TPSA) is 55.5 Å². The van der Waals surface area contributed by atoms with Crippen molar-refractivity contribution in [2.75, 3.05) is 12.3 Å². The molecule has 110 valence electrons. The number of hydrogen-bond donors (Lipinski definition) is 2. The van der Waals surface area contributed by atoms with Gasteiger partial charge in [0.2, 0.25) is 0 Å². The van der Waals surface area contributed by atoms with Gasteiger partial charge in [0.25, 0.3) is 0 Å². The van der Waals surface area contributed by atoms with Crippen molar-refractivity contribution in [3.05, 3.63) is 57.9 Å². The number of aliphatic hydroxyl groups is 1. The standard InChI is InChI=1S/C16H15ClFNO2/c17-11-5-9-3-4-21-16(9)10(6-11)7-15(20)13-8-12(18)1-2-14(13)19/h1-2,5-6,8,15,20H,3-4,7,19H2. The van der Waals surface area contributed by atoms with E-state index in [0.29, 0.717) is 22.9 Å². The summed E-state index contributed by atoms with van der Waals surface area (Å²) in [5.74, 6) is 0.347. The number of rotatable bonds is 3. The fourth-order valence-corrected chi connectivity index (χ4v) is 2.91. The number of halogens is 2. The van der Waals surface area contributed by atoms with Crippen molar-refractivity contribution in [2.24, 2.45) is 0 Å². The molecule has 1 aliphatic rings. The van der Waals surface area contributed by atoms with Crippen LogP contribution in [0.4, 0.5) is 10.1 Å². The summed E-state index contributed by atoms with van der Waals surface area (Å²) in [6, 6.07) is 7.62. The summed E-state index contributed by atoms with van der Waals surface area (Å²) in [7, 11) is 0. The molecule has 5 heteroatoms. The van der Waals surface area contributed by atoms with Crippen LogP contribution in [0.15, 0.2) is 30.3 Å². The summed E-state index contributed by atoms with van der Waals surface area (Å²) in [4.78, 5) is 0. The van der Waals surface area contributed by atoms with Crippen molar-refractivity contribution < 1.29 is 14.2 Å². The number of hydrogen-bond acceptors (Lipinski definition) is 3. The van der Waals surface area contributed by atoms with Crippen LogP contribution >= 0.6 is 11.6 Å². The molecule has 0 radical (unpaired) electrons. The van der Waals surface area contributed by atoms with Gasteiger partial charge >= 0.3 is 0 Å². The molecule has 1 aliphatic heterocycles. The van der Waals surface area contributed by atoms with Crippen molar-refractivity contribution in [3.8, 4) is 5.75 Å². The first-order chi connectivity index (χ1) is 10.0. The molecule has 0 saturated carbocycles. The first-order valence-corrected chi connectivity index (χ1v) is 7.09. The summed E-state index contributed by atoms with van der Waals surface area (Å²) in [5.41, 5.74) is 8.39. The van der Waals surface area contributed by atoms with E-state index in [-0.39, 0.29) is 6.42 Å². The van der Waals surface area contributed by atoms with Gasteiger partial charge in [0.05, 0.1) is 12.7 Å². The summed E-state index contributed by atoms with van der Waals surface area (Å²) in [6.45, 7) is 0.612. The van der Waals surface area contributed by atoms with Crippen molar-refractivity contribution in [1.82, 2.24) is 0 Å². The molecule has 0 aromatic heterocycles. The van der Waals surface area contributed by atoms with Gasteiger partial charge < -0.3 is 15.6 Å². The quantitative estimate of drug-likeness (QED) is 0.856. The molecule has 0 bridgehead atoms. The van der Waals surface area contributed by atoms with Crippen LogP contribution in [0, 0.1) is 5.82 Å². The van der Waals surface area contributed by atoms with Crippen LogP contribution in [-0.2, 0) is 12.8 Å². The van der Waals surface area contributed by atoms with Gasteiger partial charge in [-0.3, -0.25) is 0 Å². The van der Waals surface area contributed by atoms with E-state index in [2.05, 4.69) is 0 Å². The highest BCUT2D eigenvalue weighted by Gasteiger charge is 2.21. The van der Waals surface area contributed by atoms with Gasteiger partial charge in [-0.05, 0) is 41.5 Å². The van der Waals surface area contributed by atoms with Crippen LogP contribution in [0.5, 0.6) is 5.75 Å². The largest absolute Gasteiger partial charge is 0.493 e. The minimum absolute atomic E-state index is 0.274. The van der Waals surface area contributed by atoms with Crippen LogP contribution in [0.25, 0.3) is 0 Å². The Kier molecular flexibility index (Phi) is 3.74. The third-order valence-corrected chi connectivity index (χ3v) is 3.86. The highest BCUT2D eigenvalue weighted by Crippen LogP contribution is 2.36. The van der Waals surface area contributed by atoms with E-state index in [1.165, 1.54) is 18.2 Å². The Balaban J connectivity index is 1.92. The molecule has 0 aliphatic carbocycles. The number of benzene rings is 2. The maximum atomic E-state index is 13.3. The maximum absolute atomic E-state index is 13.3. The van der Waals surface area contributed by atoms with Crippen LogP contribution in [0.2, 0.25) is 5.02 Å². The predicted octanol–water partition coefficient (Wildman–Crippen LogP) is 3.27. The monoisotopic (exact) mass is 307 g/mol. The molecule has 3 rings (SSSR count). The number of nitrogen functional groups attached to an aromatic ring is 1. The third-order valence-electron chi connectivity index (χ3n) is 3.65.